The van der Waals surface area contributed by atoms with Gasteiger partial charge in [0.15, 0.2) is 0 Å². The lowest BCUT2D eigenvalue weighted by Crippen LogP contribution is -2.09. The molecule has 0 unspecified atom stereocenters. The fraction of sp³-hybridized carbons (Fsp3) is 0.200. The predicted octanol–water partition coefficient (Wildman–Crippen LogP) is 5.96. The molecule has 0 aromatic heterocycles. The van der Waals surface area contributed by atoms with Crippen LogP contribution in [0.15, 0.2) is 40.9 Å². The molecule has 0 aliphatic rings. The minimum absolute atomic E-state index is 0.0732. The molecule has 2 nitrogen and oxygen atoms in total. The molecular weight excluding hydrogens is 361 g/mol. The molecule has 0 saturated heterocycles. The molecular formula is C15H14BrCl2NO. The molecule has 0 saturated carbocycles. The topological polar surface area (TPSA) is 35.2 Å². The third-order valence-corrected chi connectivity index (χ3v) is 4.45. The molecule has 106 valence electrons. The largest absolute Gasteiger partial charge is 0.455 e. The number of para-hydroxylation sites is 1. The van der Waals surface area contributed by atoms with Crippen LogP contribution in [-0.2, 0) is 0 Å². The van der Waals surface area contributed by atoms with E-state index in [1.165, 1.54) is 0 Å². The Bertz CT molecular complexity index is 619. The zero-order valence-corrected chi connectivity index (χ0v) is 14.0. The Morgan fingerprint density at radius 3 is 2.55 bits per heavy atom. The van der Waals surface area contributed by atoms with Gasteiger partial charge >= 0.3 is 0 Å². The van der Waals surface area contributed by atoms with Crippen molar-refractivity contribution >= 4 is 39.1 Å². The highest BCUT2D eigenvalue weighted by Crippen LogP contribution is 2.38. The first-order chi connectivity index (χ1) is 9.52. The third kappa shape index (κ3) is 3.47. The van der Waals surface area contributed by atoms with E-state index in [-0.39, 0.29) is 6.04 Å². The lowest BCUT2D eigenvalue weighted by atomic mass is 10.0. The summed E-state index contributed by atoms with van der Waals surface area (Å²) in [6, 6.07) is 11.0. The van der Waals surface area contributed by atoms with Gasteiger partial charge in [-0.05, 0) is 34.5 Å². The standard InChI is InChI=1S/C15H14BrCl2NO/c1-2-13(19)9-5-3-4-6-14(9)20-15-8-11(17)10(16)7-12(15)18/h3-8,13H,2,19H2,1H3/t13-/m1/s1. The maximum absolute atomic E-state index is 6.17. The second-order valence-corrected chi connectivity index (χ2v) is 6.02. The van der Waals surface area contributed by atoms with Crippen LogP contribution in [0.2, 0.25) is 10.0 Å². The Hall–Kier alpha value is -0.740. The monoisotopic (exact) mass is 373 g/mol. The van der Waals surface area contributed by atoms with E-state index in [0.717, 1.165) is 16.5 Å². The average Bonchev–Trinajstić information content (AvgIpc) is 2.44. The minimum Gasteiger partial charge on any atom is -0.455 e. The molecule has 2 N–H and O–H groups in total. The molecule has 0 spiro atoms. The highest BCUT2D eigenvalue weighted by atomic mass is 79.9. The Morgan fingerprint density at radius 1 is 1.15 bits per heavy atom. The van der Waals surface area contributed by atoms with Crippen LogP contribution in [0.1, 0.15) is 24.9 Å². The van der Waals surface area contributed by atoms with Crippen molar-refractivity contribution in [3.05, 3.63) is 56.5 Å². The van der Waals surface area contributed by atoms with Crippen molar-refractivity contribution in [2.45, 2.75) is 19.4 Å². The van der Waals surface area contributed by atoms with Crippen molar-refractivity contribution in [3.8, 4) is 11.5 Å². The molecule has 0 aliphatic heterocycles. The van der Waals surface area contributed by atoms with Crippen LogP contribution < -0.4 is 10.5 Å². The first-order valence-corrected chi connectivity index (χ1v) is 7.74. The fourth-order valence-electron chi connectivity index (χ4n) is 1.80. The number of benzene rings is 2. The van der Waals surface area contributed by atoms with Crippen molar-refractivity contribution in [2.24, 2.45) is 5.73 Å². The second-order valence-electron chi connectivity index (χ2n) is 4.35. The van der Waals surface area contributed by atoms with E-state index < -0.39 is 0 Å². The number of nitrogens with two attached hydrogens (primary N) is 1. The molecule has 1 atom stereocenters. The summed E-state index contributed by atoms with van der Waals surface area (Å²) in [6.45, 7) is 2.03. The summed E-state index contributed by atoms with van der Waals surface area (Å²) < 4.78 is 6.61. The zero-order chi connectivity index (χ0) is 14.7. The highest BCUT2D eigenvalue weighted by Gasteiger charge is 2.13. The molecule has 0 aliphatic carbocycles. The molecule has 2 aromatic rings. The van der Waals surface area contributed by atoms with E-state index in [1.54, 1.807) is 12.1 Å². The van der Waals surface area contributed by atoms with Gasteiger partial charge in [0.25, 0.3) is 0 Å². The van der Waals surface area contributed by atoms with Crippen LogP contribution in [0.4, 0.5) is 0 Å². The first kappa shape index (κ1) is 15.6. The van der Waals surface area contributed by atoms with Gasteiger partial charge in [-0.2, -0.15) is 0 Å². The SMILES string of the molecule is CC[C@@H](N)c1ccccc1Oc1cc(Cl)c(Br)cc1Cl. The summed E-state index contributed by atoms with van der Waals surface area (Å²) >= 11 is 15.6. The molecule has 0 heterocycles. The van der Waals surface area contributed by atoms with Crippen LogP contribution in [0.3, 0.4) is 0 Å². The lowest BCUT2D eigenvalue weighted by Gasteiger charge is -2.16. The van der Waals surface area contributed by atoms with Gasteiger partial charge in [0.1, 0.15) is 11.5 Å². The van der Waals surface area contributed by atoms with Gasteiger partial charge in [-0.15, -0.1) is 0 Å². The summed E-state index contributed by atoms with van der Waals surface area (Å²) in [7, 11) is 0. The van der Waals surface area contributed by atoms with Crippen molar-refractivity contribution in [1.82, 2.24) is 0 Å². The molecule has 0 amide bonds. The van der Waals surface area contributed by atoms with Gasteiger partial charge in [-0.1, -0.05) is 48.3 Å². The maximum atomic E-state index is 6.17. The van der Waals surface area contributed by atoms with Gasteiger partial charge in [-0.3, -0.25) is 0 Å². The van der Waals surface area contributed by atoms with E-state index in [1.807, 2.05) is 31.2 Å². The number of rotatable bonds is 4. The summed E-state index contributed by atoms with van der Waals surface area (Å²) in [5.74, 6) is 1.21. The second kappa shape index (κ2) is 6.81. The Morgan fingerprint density at radius 2 is 1.85 bits per heavy atom. The average molecular weight is 375 g/mol. The fourth-order valence-corrected chi connectivity index (χ4v) is 2.63. The lowest BCUT2D eigenvalue weighted by molar-refractivity contribution is 0.469. The number of hydrogen-bond donors (Lipinski definition) is 1. The van der Waals surface area contributed by atoms with Crippen molar-refractivity contribution in [3.63, 3.8) is 0 Å². The van der Waals surface area contributed by atoms with E-state index >= 15 is 0 Å². The Balaban J connectivity index is 2.38. The van der Waals surface area contributed by atoms with Crippen LogP contribution in [0, 0.1) is 0 Å². The van der Waals surface area contributed by atoms with Gasteiger partial charge in [0, 0.05) is 22.1 Å². The van der Waals surface area contributed by atoms with Crippen molar-refractivity contribution in [2.75, 3.05) is 0 Å². The van der Waals surface area contributed by atoms with Gasteiger partial charge in [0.05, 0.1) is 10.0 Å². The molecule has 20 heavy (non-hydrogen) atoms. The maximum Gasteiger partial charge on any atom is 0.147 e. The third-order valence-electron chi connectivity index (χ3n) is 2.95. The summed E-state index contributed by atoms with van der Waals surface area (Å²) in [5.41, 5.74) is 7.04. The smallest absolute Gasteiger partial charge is 0.147 e. The summed E-state index contributed by atoms with van der Waals surface area (Å²) in [4.78, 5) is 0. The number of hydrogen-bond acceptors (Lipinski definition) is 2. The highest BCUT2D eigenvalue weighted by molar-refractivity contribution is 9.10. The number of halogens is 3. The summed E-state index contributed by atoms with van der Waals surface area (Å²) in [6.07, 6.45) is 0.829. The minimum atomic E-state index is -0.0732. The predicted molar refractivity (Wildman–Crippen MR) is 87.9 cm³/mol. The molecule has 0 bridgehead atoms. The molecule has 0 fully saturated rings. The summed E-state index contributed by atoms with van der Waals surface area (Å²) in [5, 5.41) is 1.03. The van der Waals surface area contributed by atoms with Crippen LogP contribution in [0.5, 0.6) is 11.5 Å². The van der Waals surface area contributed by atoms with E-state index in [2.05, 4.69) is 15.9 Å². The van der Waals surface area contributed by atoms with E-state index in [4.69, 9.17) is 33.7 Å². The van der Waals surface area contributed by atoms with Crippen LogP contribution in [0.25, 0.3) is 0 Å². The molecule has 2 rings (SSSR count). The molecule has 5 heteroatoms. The van der Waals surface area contributed by atoms with Crippen LogP contribution >= 0.6 is 39.1 Å². The zero-order valence-electron chi connectivity index (χ0n) is 10.9. The molecule has 0 radical (unpaired) electrons. The Kier molecular flexibility index (Phi) is 5.33. The number of ether oxygens (including phenoxy) is 1. The Labute approximate surface area is 137 Å². The first-order valence-electron chi connectivity index (χ1n) is 6.19. The van der Waals surface area contributed by atoms with E-state index in [9.17, 15) is 0 Å². The van der Waals surface area contributed by atoms with E-state index in [0.29, 0.717) is 21.5 Å². The normalized spacial score (nSPS) is 12.2. The van der Waals surface area contributed by atoms with Crippen molar-refractivity contribution < 1.29 is 4.74 Å². The van der Waals surface area contributed by atoms with Gasteiger partial charge in [-0.25, -0.2) is 0 Å². The molecule has 2 aromatic carbocycles. The van der Waals surface area contributed by atoms with Crippen LogP contribution in [-0.4, -0.2) is 0 Å². The van der Waals surface area contributed by atoms with Crippen molar-refractivity contribution in [1.29, 1.82) is 0 Å². The van der Waals surface area contributed by atoms with Gasteiger partial charge in [0.2, 0.25) is 0 Å². The quantitative estimate of drug-likeness (QED) is 0.670. The van der Waals surface area contributed by atoms with Gasteiger partial charge < -0.3 is 10.5 Å².